The fourth-order valence-electron chi connectivity index (χ4n) is 3.04. The van der Waals surface area contributed by atoms with E-state index in [9.17, 15) is 23.2 Å². The third-order valence-electron chi connectivity index (χ3n) is 4.12. The summed E-state index contributed by atoms with van der Waals surface area (Å²) in [5.74, 6) is -3.66. The second-order valence-electron chi connectivity index (χ2n) is 5.41. The van der Waals surface area contributed by atoms with Crippen LogP contribution in [0.1, 0.15) is 36.0 Å². The highest BCUT2D eigenvalue weighted by molar-refractivity contribution is 6.52. The van der Waals surface area contributed by atoms with Gasteiger partial charge in [-0.2, -0.15) is 0 Å². The number of benzene rings is 1. The molecular weight excluding hydrogens is 280 g/mol. The van der Waals surface area contributed by atoms with Crippen molar-refractivity contribution >= 4 is 23.2 Å². The average molecular weight is 293 g/mol. The summed E-state index contributed by atoms with van der Waals surface area (Å²) in [6.45, 7) is 0.122. The van der Waals surface area contributed by atoms with Gasteiger partial charge in [-0.25, -0.2) is 8.78 Å². The summed E-state index contributed by atoms with van der Waals surface area (Å²) >= 11 is 0. The van der Waals surface area contributed by atoms with Crippen LogP contribution >= 0.6 is 0 Å². The van der Waals surface area contributed by atoms with E-state index >= 15 is 0 Å². The van der Waals surface area contributed by atoms with Gasteiger partial charge >= 0.3 is 0 Å². The molecule has 1 atom stereocenters. The smallest absolute Gasteiger partial charge is 0.299 e. The molecule has 3 rings (SSSR count). The van der Waals surface area contributed by atoms with Gasteiger partial charge in [-0.1, -0.05) is 0 Å². The van der Waals surface area contributed by atoms with E-state index in [2.05, 4.69) is 0 Å². The lowest BCUT2D eigenvalue weighted by molar-refractivity contribution is -0.121. The second kappa shape index (κ2) is 5.02. The number of anilines is 1. The summed E-state index contributed by atoms with van der Waals surface area (Å²) in [4.78, 5) is 36.4. The first-order chi connectivity index (χ1) is 9.99. The number of Topliss-reactive ketones (excluding diaryl/α,β-unsaturated/α-hetero) is 2. The average Bonchev–Trinajstić information content (AvgIpc) is 2.92. The van der Waals surface area contributed by atoms with Gasteiger partial charge in [0, 0.05) is 24.9 Å². The third-order valence-corrected chi connectivity index (χ3v) is 4.12. The molecule has 1 aromatic carbocycles. The van der Waals surface area contributed by atoms with Crippen molar-refractivity contribution in [3.8, 4) is 0 Å². The molecular formula is C15H13F2NO3. The molecule has 2 aliphatic rings. The normalized spacial score (nSPS) is 21.3. The Morgan fingerprint density at radius 1 is 1.19 bits per heavy atom. The summed E-state index contributed by atoms with van der Waals surface area (Å²) in [7, 11) is 0. The van der Waals surface area contributed by atoms with Gasteiger partial charge in [0.2, 0.25) is 0 Å². The van der Waals surface area contributed by atoms with Crippen molar-refractivity contribution < 1.29 is 23.2 Å². The first-order valence-electron chi connectivity index (χ1n) is 6.87. The van der Waals surface area contributed by atoms with E-state index in [-0.39, 0.29) is 29.5 Å². The Balaban J connectivity index is 1.85. The zero-order valence-electron chi connectivity index (χ0n) is 11.2. The highest BCUT2D eigenvalue weighted by Gasteiger charge is 2.39. The van der Waals surface area contributed by atoms with E-state index in [4.69, 9.17) is 0 Å². The Bertz CT molecular complexity index is 657. The molecule has 6 heteroatoms. The first-order valence-corrected chi connectivity index (χ1v) is 6.87. The number of carbonyl (C=O) groups excluding carboxylic acids is 3. The summed E-state index contributed by atoms with van der Waals surface area (Å²) in [5.41, 5.74) is -0.410. The summed E-state index contributed by atoms with van der Waals surface area (Å²) < 4.78 is 27.0. The number of hydrogen-bond donors (Lipinski definition) is 0. The number of rotatable bonds is 3. The van der Waals surface area contributed by atoms with Gasteiger partial charge in [-0.3, -0.25) is 14.4 Å². The minimum Gasteiger partial charge on any atom is -0.305 e. The molecule has 0 saturated heterocycles. The van der Waals surface area contributed by atoms with Gasteiger partial charge in [0.05, 0.1) is 11.3 Å². The number of nitrogens with zero attached hydrogens (tertiary/aromatic N) is 1. The Hall–Kier alpha value is -2.11. The number of halogens is 2. The summed E-state index contributed by atoms with van der Waals surface area (Å²) in [6.07, 6.45) is 2.54. The van der Waals surface area contributed by atoms with E-state index in [1.54, 1.807) is 0 Å². The number of fused-ring (bicyclic) bond motifs is 1. The van der Waals surface area contributed by atoms with Crippen molar-refractivity contribution in [3.05, 3.63) is 29.3 Å². The molecule has 0 N–H and O–H groups in total. The molecule has 0 bridgehead atoms. The highest BCUT2D eigenvalue weighted by Crippen LogP contribution is 2.33. The molecule has 21 heavy (non-hydrogen) atoms. The molecule has 1 unspecified atom stereocenters. The monoisotopic (exact) mass is 293 g/mol. The van der Waals surface area contributed by atoms with Gasteiger partial charge in [-0.15, -0.1) is 0 Å². The fourth-order valence-corrected chi connectivity index (χ4v) is 3.04. The maximum Gasteiger partial charge on any atom is 0.299 e. The Labute approximate surface area is 119 Å². The molecule has 1 aliphatic heterocycles. The lowest BCUT2D eigenvalue weighted by atomic mass is 10.0. The molecule has 1 aliphatic carbocycles. The van der Waals surface area contributed by atoms with Crippen molar-refractivity contribution in [2.45, 2.75) is 25.7 Å². The molecule has 110 valence electrons. The maximum atomic E-state index is 13.7. The third kappa shape index (κ3) is 2.24. The molecule has 1 amide bonds. The lowest BCUT2D eigenvalue weighted by Gasteiger charge is -2.18. The number of ketones is 2. The van der Waals surface area contributed by atoms with Gasteiger partial charge in [-0.05, 0) is 25.3 Å². The Morgan fingerprint density at radius 2 is 1.95 bits per heavy atom. The fraction of sp³-hybridized carbons (Fsp3) is 0.400. The molecule has 0 aromatic heterocycles. The number of amides is 1. The summed E-state index contributed by atoms with van der Waals surface area (Å²) in [6, 6.07) is 1.58. The highest BCUT2D eigenvalue weighted by atomic mass is 19.1. The largest absolute Gasteiger partial charge is 0.305 e. The van der Waals surface area contributed by atoms with Crippen LogP contribution in [0.5, 0.6) is 0 Å². The van der Waals surface area contributed by atoms with E-state index in [0.717, 1.165) is 23.8 Å². The molecule has 1 aromatic rings. The standard InChI is InChI=1S/C15H13F2NO3/c16-9-6-10(17)13-11(7-9)18(15(21)14(13)20)5-4-8-2-1-3-12(8)19/h6-8H,1-5H2. The van der Waals surface area contributed by atoms with Crippen molar-refractivity contribution in [1.82, 2.24) is 0 Å². The Kier molecular flexibility index (Phi) is 3.31. The van der Waals surface area contributed by atoms with Crippen LogP contribution in [0.25, 0.3) is 0 Å². The van der Waals surface area contributed by atoms with E-state index in [1.165, 1.54) is 0 Å². The minimum absolute atomic E-state index is 0.0343. The van der Waals surface area contributed by atoms with Crippen LogP contribution in [0.2, 0.25) is 0 Å². The topological polar surface area (TPSA) is 54.5 Å². The molecule has 1 fully saturated rings. The van der Waals surface area contributed by atoms with Gasteiger partial charge < -0.3 is 4.90 Å². The molecule has 1 heterocycles. The van der Waals surface area contributed by atoms with Gasteiger partial charge in [0.25, 0.3) is 11.7 Å². The van der Waals surface area contributed by atoms with Crippen LogP contribution in [0, 0.1) is 17.6 Å². The van der Waals surface area contributed by atoms with E-state index < -0.39 is 23.3 Å². The first kappa shape index (κ1) is 13.9. The van der Waals surface area contributed by atoms with Crippen molar-refractivity contribution in [2.75, 3.05) is 11.4 Å². The Morgan fingerprint density at radius 3 is 2.62 bits per heavy atom. The van der Waals surface area contributed by atoms with Crippen LogP contribution in [0.15, 0.2) is 12.1 Å². The zero-order chi connectivity index (χ0) is 15.1. The van der Waals surface area contributed by atoms with Crippen LogP contribution in [0.3, 0.4) is 0 Å². The summed E-state index contributed by atoms with van der Waals surface area (Å²) in [5, 5.41) is 0. The molecule has 4 nitrogen and oxygen atoms in total. The SMILES string of the molecule is O=C1C(=O)N(CCC2CCCC2=O)c2cc(F)cc(F)c21. The predicted molar refractivity (Wildman–Crippen MR) is 70.0 cm³/mol. The van der Waals surface area contributed by atoms with Crippen LogP contribution in [-0.2, 0) is 9.59 Å². The van der Waals surface area contributed by atoms with Gasteiger partial charge in [0.15, 0.2) is 0 Å². The van der Waals surface area contributed by atoms with Crippen molar-refractivity contribution in [3.63, 3.8) is 0 Å². The van der Waals surface area contributed by atoms with Crippen LogP contribution in [-0.4, -0.2) is 24.0 Å². The van der Waals surface area contributed by atoms with Crippen LogP contribution in [0.4, 0.5) is 14.5 Å². The zero-order valence-corrected chi connectivity index (χ0v) is 11.2. The molecule has 1 saturated carbocycles. The van der Waals surface area contributed by atoms with Crippen molar-refractivity contribution in [2.24, 2.45) is 5.92 Å². The quantitative estimate of drug-likeness (QED) is 0.803. The second-order valence-corrected chi connectivity index (χ2v) is 5.41. The lowest BCUT2D eigenvalue weighted by Crippen LogP contribution is -2.32. The molecule has 0 spiro atoms. The molecule has 0 radical (unpaired) electrons. The number of carbonyl (C=O) groups is 3. The van der Waals surface area contributed by atoms with Crippen LogP contribution < -0.4 is 4.90 Å². The van der Waals surface area contributed by atoms with Gasteiger partial charge in [0.1, 0.15) is 17.4 Å². The predicted octanol–water partition coefficient (Wildman–Crippen LogP) is 2.25. The van der Waals surface area contributed by atoms with Crippen molar-refractivity contribution in [1.29, 1.82) is 0 Å². The van der Waals surface area contributed by atoms with E-state index in [0.29, 0.717) is 18.9 Å². The maximum absolute atomic E-state index is 13.7. The van der Waals surface area contributed by atoms with E-state index in [1.807, 2.05) is 0 Å². The number of hydrogen-bond acceptors (Lipinski definition) is 3. The minimum atomic E-state index is -1.03.